The number of fused-ring (bicyclic) bond motifs is 1. The van der Waals surface area contributed by atoms with Gasteiger partial charge in [0, 0.05) is 40.5 Å². The summed E-state index contributed by atoms with van der Waals surface area (Å²) in [5, 5.41) is 6.74. The summed E-state index contributed by atoms with van der Waals surface area (Å²) in [6.45, 7) is 8.70. The number of carbonyl (C=O) groups excluding carboxylic acids is 2. The molecule has 1 heterocycles. The number of benzene rings is 4. The van der Waals surface area contributed by atoms with Crippen LogP contribution in [0.3, 0.4) is 0 Å². The van der Waals surface area contributed by atoms with E-state index in [1.165, 1.54) is 11.6 Å². The molecule has 53 heavy (non-hydrogen) atoms. The Balaban J connectivity index is 1.32. The number of methoxy groups -OCH3 is 1. The van der Waals surface area contributed by atoms with Crippen LogP contribution in [0.15, 0.2) is 91.0 Å². The average molecular weight is 744 g/mol. The van der Waals surface area contributed by atoms with Crippen molar-refractivity contribution >= 4 is 29.1 Å². The van der Waals surface area contributed by atoms with Crippen molar-refractivity contribution in [2.75, 3.05) is 38.3 Å². The fourth-order valence-electron chi connectivity index (χ4n) is 6.46. The van der Waals surface area contributed by atoms with Gasteiger partial charge >= 0.3 is 0 Å². The van der Waals surface area contributed by atoms with E-state index >= 15 is 0 Å². The van der Waals surface area contributed by atoms with E-state index in [2.05, 4.69) is 34.9 Å². The van der Waals surface area contributed by atoms with Gasteiger partial charge in [0.2, 0.25) is 5.91 Å². The first-order valence-corrected chi connectivity index (χ1v) is 18.7. The molecule has 2 atom stereocenters. The van der Waals surface area contributed by atoms with Crippen LogP contribution >= 0.6 is 11.6 Å². The molecule has 10 heteroatoms. The zero-order chi connectivity index (χ0) is 37.8. The first-order valence-electron chi connectivity index (χ1n) is 18.3. The van der Waals surface area contributed by atoms with Gasteiger partial charge in [0.05, 0.1) is 20.1 Å². The number of halogens is 2. The fourth-order valence-corrected chi connectivity index (χ4v) is 6.64. The molecule has 0 spiro atoms. The van der Waals surface area contributed by atoms with Crippen molar-refractivity contribution in [1.29, 1.82) is 0 Å². The van der Waals surface area contributed by atoms with Gasteiger partial charge in [-0.1, -0.05) is 93.0 Å². The van der Waals surface area contributed by atoms with Crippen LogP contribution in [0, 0.1) is 11.2 Å². The third-order valence-corrected chi connectivity index (χ3v) is 9.24. The van der Waals surface area contributed by atoms with Crippen molar-refractivity contribution in [3.8, 4) is 11.5 Å². The Bertz CT molecular complexity index is 1820. The summed E-state index contributed by atoms with van der Waals surface area (Å²) in [6.07, 6.45) is 1.83. The van der Waals surface area contributed by atoms with Crippen LogP contribution in [0.5, 0.6) is 11.5 Å². The molecule has 0 aromatic heterocycles. The summed E-state index contributed by atoms with van der Waals surface area (Å²) in [5.74, 6) is -0.207. The van der Waals surface area contributed by atoms with Crippen LogP contribution < -0.4 is 25.0 Å². The summed E-state index contributed by atoms with van der Waals surface area (Å²) in [6, 6.07) is 27.7. The molecular formula is C43H51ClFN3O5. The van der Waals surface area contributed by atoms with Gasteiger partial charge in [0.1, 0.15) is 18.0 Å². The number of ether oxygens (including phenoxy) is 3. The van der Waals surface area contributed by atoms with Crippen molar-refractivity contribution in [3.05, 3.63) is 124 Å². The average Bonchev–Trinajstić information content (AvgIpc) is 3.23. The molecule has 0 saturated carbocycles. The van der Waals surface area contributed by atoms with E-state index in [0.29, 0.717) is 52.1 Å². The van der Waals surface area contributed by atoms with Crippen LogP contribution in [-0.2, 0) is 27.3 Å². The Morgan fingerprint density at radius 2 is 1.68 bits per heavy atom. The number of hydrogen-bond acceptors (Lipinski definition) is 6. The first-order chi connectivity index (χ1) is 25.5. The highest BCUT2D eigenvalue weighted by Crippen LogP contribution is 2.45. The van der Waals surface area contributed by atoms with Crippen molar-refractivity contribution < 1.29 is 28.2 Å². The van der Waals surface area contributed by atoms with Gasteiger partial charge < -0.3 is 29.7 Å². The fraction of sp³-hybridized carbons (Fsp3) is 0.395. The van der Waals surface area contributed by atoms with Crippen molar-refractivity contribution in [1.82, 2.24) is 10.6 Å². The number of hydrogen-bond donors (Lipinski definition) is 2. The van der Waals surface area contributed by atoms with Crippen molar-refractivity contribution in [2.45, 2.75) is 71.6 Å². The van der Waals surface area contributed by atoms with E-state index in [0.717, 1.165) is 38.8 Å². The van der Waals surface area contributed by atoms with Crippen molar-refractivity contribution in [3.63, 3.8) is 0 Å². The van der Waals surface area contributed by atoms with E-state index in [4.69, 9.17) is 25.8 Å². The molecule has 282 valence electrons. The highest BCUT2D eigenvalue weighted by molar-refractivity contribution is 6.30. The summed E-state index contributed by atoms with van der Waals surface area (Å²) >= 11 is 6.59. The van der Waals surface area contributed by atoms with Crippen LogP contribution in [-0.4, -0.2) is 51.3 Å². The number of nitrogens with zero attached hydrogens (tertiary/aromatic N) is 1. The molecule has 0 fully saturated rings. The number of carbonyl (C=O) groups is 2. The molecular weight excluding hydrogens is 693 g/mol. The largest absolute Gasteiger partial charge is 0.492 e. The summed E-state index contributed by atoms with van der Waals surface area (Å²) < 4.78 is 33.2. The van der Waals surface area contributed by atoms with Gasteiger partial charge in [0.15, 0.2) is 11.5 Å². The summed E-state index contributed by atoms with van der Waals surface area (Å²) in [7, 11) is 1.57. The quantitative estimate of drug-likeness (QED) is 0.106. The van der Waals surface area contributed by atoms with Gasteiger partial charge in [-0.3, -0.25) is 9.59 Å². The number of unbranched alkanes of at least 4 members (excludes halogenated alkanes) is 1. The molecule has 4 aromatic rings. The SMILES string of the molecule is COc1c(OCCCNCCCCc2ccccc2)cccc1C1OC(CC(=O)NCc2ccccc2F)C(=O)N(CC(C)(C)C)c2ccc(Cl)cc21. The number of anilines is 1. The lowest BCUT2D eigenvalue weighted by Crippen LogP contribution is -2.45. The summed E-state index contributed by atoms with van der Waals surface area (Å²) in [5.41, 5.74) is 3.36. The second-order valence-electron chi connectivity index (χ2n) is 14.5. The Morgan fingerprint density at radius 3 is 2.43 bits per heavy atom. The van der Waals surface area contributed by atoms with Crippen LogP contribution in [0.25, 0.3) is 0 Å². The molecule has 0 bridgehead atoms. The first kappa shape index (κ1) is 39.8. The van der Waals surface area contributed by atoms with E-state index in [-0.39, 0.29) is 24.3 Å². The maximum absolute atomic E-state index is 14.3. The Kier molecular flexibility index (Phi) is 14.3. The zero-order valence-corrected chi connectivity index (χ0v) is 31.9. The highest BCUT2D eigenvalue weighted by atomic mass is 35.5. The van der Waals surface area contributed by atoms with E-state index in [1.54, 1.807) is 42.3 Å². The minimum atomic E-state index is -1.16. The van der Waals surface area contributed by atoms with Gasteiger partial charge in [-0.05, 0) is 80.1 Å². The number of para-hydroxylation sites is 1. The second kappa shape index (κ2) is 19.1. The molecule has 5 rings (SSSR count). The normalized spacial score (nSPS) is 15.8. The number of aryl methyl sites for hydroxylation is 1. The minimum absolute atomic E-state index is 0.0195. The predicted octanol–water partition coefficient (Wildman–Crippen LogP) is 8.44. The van der Waals surface area contributed by atoms with Gasteiger partial charge in [-0.2, -0.15) is 0 Å². The van der Waals surface area contributed by atoms with Crippen LogP contribution in [0.4, 0.5) is 10.1 Å². The molecule has 4 aromatic carbocycles. The third kappa shape index (κ3) is 11.3. The van der Waals surface area contributed by atoms with Crippen LogP contribution in [0.2, 0.25) is 5.02 Å². The molecule has 1 aliphatic rings. The maximum atomic E-state index is 14.3. The van der Waals surface area contributed by atoms with Crippen LogP contribution in [0.1, 0.15) is 74.8 Å². The number of rotatable bonds is 17. The molecule has 8 nitrogen and oxygen atoms in total. The molecule has 2 unspecified atom stereocenters. The number of nitrogens with one attached hydrogen (secondary N) is 2. The van der Waals surface area contributed by atoms with Crippen molar-refractivity contribution in [2.24, 2.45) is 5.41 Å². The second-order valence-corrected chi connectivity index (χ2v) is 15.0. The standard InChI is InChI=1S/C43H51ClFN3O5/c1-43(2,3)29-48-36-22-21-32(44)26-34(36)40(53-38(42(48)50)27-39(49)47-28-31-17-8-9-19-35(31)45)33-18-12-20-37(41(33)51-4)52-25-13-24-46-23-11-10-16-30-14-6-5-7-15-30/h5-9,12,14-15,17-22,26,38,40,46H,10-11,13,16,23-25,27-29H2,1-4H3,(H,47,49). The Labute approximate surface area is 318 Å². The molecule has 0 saturated heterocycles. The Morgan fingerprint density at radius 1 is 0.925 bits per heavy atom. The molecule has 2 N–H and O–H groups in total. The lowest BCUT2D eigenvalue weighted by molar-refractivity contribution is -0.138. The predicted molar refractivity (Wildman–Crippen MR) is 208 cm³/mol. The van der Waals surface area contributed by atoms with Gasteiger partial charge in [-0.15, -0.1) is 0 Å². The zero-order valence-electron chi connectivity index (χ0n) is 31.1. The monoisotopic (exact) mass is 743 g/mol. The van der Waals surface area contributed by atoms with Gasteiger partial charge in [0.25, 0.3) is 5.91 Å². The minimum Gasteiger partial charge on any atom is -0.492 e. The topological polar surface area (TPSA) is 89.1 Å². The van der Waals surface area contributed by atoms with E-state index < -0.39 is 23.9 Å². The molecule has 1 aliphatic heterocycles. The lowest BCUT2D eigenvalue weighted by Gasteiger charge is -2.31. The Hall–Kier alpha value is -4.44. The molecule has 0 radical (unpaired) electrons. The number of amides is 2. The lowest BCUT2D eigenvalue weighted by atomic mass is 9.94. The van der Waals surface area contributed by atoms with E-state index in [1.807, 2.05) is 51.1 Å². The smallest absolute Gasteiger partial charge is 0.256 e. The third-order valence-electron chi connectivity index (χ3n) is 9.00. The summed E-state index contributed by atoms with van der Waals surface area (Å²) in [4.78, 5) is 29.4. The molecule has 0 aliphatic carbocycles. The molecule has 2 amide bonds. The highest BCUT2D eigenvalue weighted by Gasteiger charge is 2.40. The van der Waals surface area contributed by atoms with E-state index in [9.17, 15) is 14.0 Å². The maximum Gasteiger partial charge on any atom is 0.256 e. The van der Waals surface area contributed by atoms with Gasteiger partial charge in [-0.25, -0.2) is 4.39 Å².